The second-order valence-electron chi connectivity index (χ2n) is 4.28. The second-order valence-corrected chi connectivity index (χ2v) is 6.56. The molecule has 18 heavy (non-hydrogen) atoms. The molecule has 1 aromatic rings. The van der Waals surface area contributed by atoms with Gasteiger partial charge in [-0.2, -0.15) is 5.26 Å². The van der Waals surface area contributed by atoms with E-state index in [1.165, 1.54) is 12.3 Å². The third-order valence-electron chi connectivity index (χ3n) is 2.98. The van der Waals surface area contributed by atoms with Gasteiger partial charge in [-0.25, -0.2) is 13.4 Å². The van der Waals surface area contributed by atoms with Crippen LogP contribution in [0.15, 0.2) is 18.3 Å². The topological polar surface area (TPSA) is 80.0 Å². The molecule has 1 aromatic heterocycles. The molecule has 0 spiro atoms. The average molecular weight is 266 g/mol. The van der Waals surface area contributed by atoms with Crippen LogP contribution < -0.4 is 0 Å². The highest BCUT2D eigenvalue weighted by molar-refractivity contribution is 7.91. The van der Waals surface area contributed by atoms with Crippen molar-refractivity contribution in [1.82, 2.24) is 4.98 Å². The molecule has 0 amide bonds. The van der Waals surface area contributed by atoms with Crippen LogP contribution in [0.25, 0.3) is 0 Å². The van der Waals surface area contributed by atoms with E-state index in [1.807, 2.05) is 6.07 Å². The molecule has 1 aliphatic heterocycles. The lowest BCUT2D eigenvalue weighted by atomic mass is 10.2. The third kappa shape index (κ3) is 3.06. The Hall–Kier alpha value is -1.45. The minimum atomic E-state index is -3.18. The molecule has 1 fully saturated rings. The molecule has 0 radical (unpaired) electrons. The lowest BCUT2D eigenvalue weighted by molar-refractivity contribution is 0.0983. The van der Waals surface area contributed by atoms with Gasteiger partial charge in [0.25, 0.3) is 0 Å². The molecule has 1 aliphatic rings. The van der Waals surface area contributed by atoms with Crippen LogP contribution in [0, 0.1) is 11.3 Å². The van der Waals surface area contributed by atoms with Gasteiger partial charge in [-0.1, -0.05) is 0 Å². The Morgan fingerprint density at radius 3 is 2.83 bits per heavy atom. The summed E-state index contributed by atoms with van der Waals surface area (Å²) in [4.78, 5) is 3.82. The van der Waals surface area contributed by atoms with E-state index in [4.69, 9.17) is 10.00 Å². The number of ether oxygens (including phenoxy) is 1. The standard InChI is InChI=1S/C12H14N2O3S/c13-8-11-7-10(1-4-14-11)9-18(15,16)12-2-5-17-6-3-12/h1,4,7,12H,2-3,5-6,9H2. The van der Waals surface area contributed by atoms with Crippen molar-refractivity contribution in [3.05, 3.63) is 29.6 Å². The number of pyridine rings is 1. The van der Waals surface area contributed by atoms with Gasteiger partial charge in [0.05, 0.1) is 11.0 Å². The fourth-order valence-corrected chi connectivity index (χ4v) is 3.80. The van der Waals surface area contributed by atoms with E-state index in [2.05, 4.69) is 4.98 Å². The Labute approximate surface area is 106 Å². The summed E-state index contributed by atoms with van der Waals surface area (Å²) in [5.74, 6) is -0.0329. The van der Waals surface area contributed by atoms with Crippen LogP contribution in [-0.4, -0.2) is 31.9 Å². The first-order valence-electron chi connectivity index (χ1n) is 5.76. The van der Waals surface area contributed by atoms with Crippen LogP contribution in [0.4, 0.5) is 0 Å². The van der Waals surface area contributed by atoms with Gasteiger partial charge >= 0.3 is 0 Å². The normalized spacial score (nSPS) is 17.3. The summed E-state index contributed by atoms with van der Waals surface area (Å²) in [7, 11) is -3.18. The summed E-state index contributed by atoms with van der Waals surface area (Å²) in [6.07, 6.45) is 2.57. The van der Waals surface area contributed by atoms with Crippen molar-refractivity contribution in [2.45, 2.75) is 23.8 Å². The number of hydrogen-bond donors (Lipinski definition) is 0. The van der Waals surface area contributed by atoms with E-state index < -0.39 is 9.84 Å². The van der Waals surface area contributed by atoms with Gasteiger partial charge in [0.1, 0.15) is 11.8 Å². The maximum absolute atomic E-state index is 12.2. The smallest absolute Gasteiger partial charge is 0.157 e. The second kappa shape index (κ2) is 5.46. The molecule has 5 nitrogen and oxygen atoms in total. The van der Waals surface area contributed by atoms with Gasteiger partial charge < -0.3 is 4.74 Å². The van der Waals surface area contributed by atoms with Gasteiger partial charge in [-0.3, -0.25) is 0 Å². The van der Waals surface area contributed by atoms with Crippen LogP contribution in [0.3, 0.4) is 0 Å². The molecular formula is C12H14N2O3S. The highest BCUT2D eigenvalue weighted by Gasteiger charge is 2.27. The molecule has 0 N–H and O–H groups in total. The fourth-order valence-electron chi connectivity index (χ4n) is 2.01. The number of hydrogen-bond acceptors (Lipinski definition) is 5. The minimum Gasteiger partial charge on any atom is -0.381 e. The summed E-state index contributed by atoms with van der Waals surface area (Å²) in [5, 5.41) is 8.40. The Kier molecular flexibility index (Phi) is 3.94. The lowest BCUT2D eigenvalue weighted by Crippen LogP contribution is -2.29. The molecule has 0 aliphatic carbocycles. The van der Waals surface area contributed by atoms with E-state index in [-0.39, 0.29) is 16.7 Å². The molecule has 2 rings (SSSR count). The van der Waals surface area contributed by atoms with E-state index in [1.54, 1.807) is 6.07 Å². The fraction of sp³-hybridized carbons (Fsp3) is 0.500. The first kappa shape index (κ1) is 13.0. The predicted octanol–water partition coefficient (Wildman–Crippen LogP) is 1.05. The van der Waals surface area contributed by atoms with Crippen LogP contribution >= 0.6 is 0 Å². The van der Waals surface area contributed by atoms with Gasteiger partial charge in [0.2, 0.25) is 0 Å². The molecule has 0 atom stereocenters. The lowest BCUT2D eigenvalue weighted by Gasteiger charge is -2.22. The summed E-state index contributed by atoms with van der Waals surface area (Å²) in [5.41, 5.74) is 0.864. The molecule has 2 heterocycles. The highest BCUT2D eigenvalue weighted by atomic mass is 32.2. The number of nitriles is 1. The summed E-state index contributed by atoms with van der Waals surface area (Å²) >= 11 is 0. The molecule has 0 bridgehead atoms. The van der Waals surface area contributed by atoms with Crippen molar-refractivity contribution in [3.8, 4) is 6.07 Å². The van der Waals surface area contributed by atoms with Crippen molar-refractivity contribution >= 4 is 9.84 Å². The van der Waals surface area contributed by atoms with Gasteiger partial charge in [-0.15, -0.1) is 0 Å². The monoisotopic (exact) mass is 266 g/mol. The first-order valence-corrected chi connectivity index (χ1v) is 7.48. The predicted molar refractivity (Wildman–Crippen MR) is 65.4 cm³/mol. The van der Waals surface area contributed by atoms with E-state index >= 15 is 0 Å². The summed E-state index contributed by atoms with van der Waals surface area (Å²) < 4.78 is 29.6. The van der Waals surface area contributed by atoms with Gasteiger partial charge in [0, 0.05) is 19.4 Å². The number of sulfone groups is 1. The zero-order chi connectivity index (χ0) is 13.0. The molecule has 1 saturated heterocycles. The zero-order valence-electron chi connectivity index (χ0n) is 9.87. The van der Waals surface area contributed by atoms with Crippen LogP contribution in [0.5, 0.6) is 0 Å². The number of rotatable bonds is 3. The Bertz CT molecular complexity index is 557. The SMILES string of the molecule is N#Cc1cc(CS(=O)(=O)C2CCOCC2)ccn1. The number of aromatic nitrogens is 1. The minimum absolute atomic E-state index is 0.0329. The van der Waals surface area contributed by atoms with E-state index in [0.29, 0.717) is 31.6 Å². The molecule has 6 heteroatoms. The van der Waals surface area contributed by atoms with Gasteiger partial charge in [0.15, 0.2) is 9.84 Å². The molecular weight excluding hydrogens is 252 g/mol. The maximum Gasteiger partial charge on any atom is 0.157 e. The molecule has 0 aromatic carbocycles. The first-order chi connectivity index (χ1) is 8.62. The van der Waals surface area contributed by atoms with Gasteiger partial charge in [-0.05, 0) is 30.5 Å². The molecule has 96 valence electrons. The quantitative estimate of drug-likeness (QED) is 0.816. The van der Waals surface area contributed by atoms with Crippen LogP contribution in [0.1, 0.15) is 24.1 Å². The van der Waals surface area contributed by atoms with Crippen LogP contribution in [-0.2, 0) is 20.3 Å². The highest BCUT2D eigenvalue weighted by Crippen LogP contribution is 2.20. The molecule has 0 saturated carbocycles. The van der Waals surface area contributed by atoms with E-state index in [9.17, 15) is 8.42 Å². The zero-order valence-corrected chi connectivity index (χ0v) is 10.7. The van der Waals surface area contributed by atoms with Crippen LogP contribution in [0.2, 0.25) is 0 Å². The van der Waals surface area contributed by atoms with Crippen molar-refractivity contribution in [2.24, 2.45) is 0 Å². The maximum atomic E-state index is 12.2. The average Bonchev–Trinajstić information content (AvgIpc) is 2.39. The Morgan fingerprint density at radius 1 is 1.44 bits per heavy atom. The van der Waals surface area contributed by atoms with E-state index in [0.717, 1.165) is 0 Å². The van der Waals surface area contributed by atoms with Crippen molar-refractivity contribution in [1.29, 1.82) is 5.26 Å². The Morgan fingerprint density at radius 2 is 2.17 bits per heavy atom. The van der Waals surface area contributed by atoms with Crippen molar-refractivity contribution < 1.29 is 13.2 Å². The van der Waals surface area contributed by atoms with Crippen molar-refractivity contribution in [2.75, 3.05) is 13.2 Å². The summed E-state index contributed by atoms with van der Waals surface area (Å²) in [6, 6.07) is 5.07. The molecule has 0 unspecified atom stereocenters. The third-order valence-corrected chi connectivity index (χ3v) is 5.21. The summed E-state index contributed by atoms with van der Waals surface area (Å²) in [6.45, 7) is 1.01. The largest absolute Gasteiger partial charge is 0.381 e. The Balaban J connectivity index is 2.14. The van der Waals surface area contributed by atoms with Crippen molar-refractivity contribution in [3.63, 3.8) is 0 Å². The number of nitrogens with zero attached hydrogens (tertiary/aromatic N) is 2.